The van der Waals surface area contributed by atoms with Crippen LogP contribution in [-0.2, 0) is 15.8 Å². The Labute approximate surface area is 297 Å². The van der Waals surface area contributed by atoms with Gasteiger partial charge in [-0.2, -0.15) is 0 Å². The number of rotatable bonds is 12. The van der Waals surface area contributed by atoms with E-state index in [4.69, 9.17) is 14.2 Å². The Morgan fingerprint density at radius 1 is 0.765 bits per heavy atom. The van der Waals surface area contributed by atoms with Crippen molar-refractivity contribution in [2.24, 2.45) is 0 Å². The van der Waals surface area contributed by atoms with E-state index in [-0.39, 0.29) is 30.4 Å². The summed E-state index contributed by atoms with van der Waals surface area (Å²) in [4.78, 5) is 26.4. The van der Waals surface area contributed by atoms with Gasteiger partial charge >= 0.3 is 0 Å². The molecule has 2 heterocycles. The third-order valence-electron chi connectivity index (χ3n) is 8.78. The average Bonchev–Trinajstić information content (AvgIpc) is 3.58. The molecule has 0 saturated heterocycles. The van der Waals surface area contributed by atoms with Gasteiger partial charge in [-0.3, -0.25) is 9.36 Å². The normalized spacial score (nSPS) is 12.2. The molecule has 0 radical (unpaired) electrons. The number of ether oxygens (including phenoxy) is 3. The van der Waals surface area contributed by atoms with Crippen LogP contribution in [0.4, 0.5) is 5.82 Å². The zero-order valence-corrected chi connectivity index (χ0v) is 29.3. The SMILES string of the molecule is COc1ccc(C(OC/C(=C\n2cnc3c(NC(=O)c4ccc(C(C)(C)C)cc4)ncnc32)CO)(c2ccccc2)c2ccc(OC)cc2)cc1. The predicted octanol–water partition coefficient (Wildman–Crippen LogP) is 7.24. The van der Waals surface area contributed by atoms with Crippen LogP contribution in [0.5, 0.6) is 11.5 Å². The summed E-state index contributed by atoms with van der Waals surface area (Å²) in [5.74, 6) is 1.41. The van der Waals surface area contributed by atoms with E-state index in [2.05, 4.69) is 41.0 Å². The van der Waals surface area contributed by atoms with Gasteiger partial charge in [0, 0.05) is 11.8 Å². The third kappa shape index (κ3) is 7.38. The first-order valence-corrected chi connectivity index (χ1v) is 16.5. The van der Waals surface area contributed by atoms with Crippen molar-refractivity contribution in [1.29, 1.82) is 0 Å². The molecule has 10 nitrogen and oxygen atoms in total. The van der Waals surface area contributed by atoms with Crippen molar-refractivity contribution in [3.8, 4) is 11.5 Å². The van der Waals surface area contributed by atoms with Crippen LogP contribution in [0.2, 0.25) is 0 Å². The van der Waals surface area contributed by atoms with Gasteiger partial charge in [-0.15, -0.1) is 0 Å². The summed E-state index contributed by atoms with van der Waals surface area (Å²) >= 11 is 0. The number of imidazole rings is 1. The van der Waals surface area contributed by atoms with Gasteiger partial charge in [0.25, 0.3) is 5.91 Å². The molecule has 0 spiro atoms. The molecule has 0 saturated carbocycles. The van der Waals surface area contributed by atoms with E-state index in [1.807, 2.05) is 91.0 Å². The Hall–Kier alpha value is -5.84. The van der Waals surface area contributed by atoms with Gasteiger partial charge in [0.05, 0.1) is 27.4 Å². The molecule has 1 amide bonds. The minimum Gasteiger partial charge on any atom is -0.497 e. The summed E-state index contributed by atoms with van der Waals surface area (Å²) in [7, 11) is 3.26. The Kier molecular flexibility index (Phi) is 10.3. The number of aromatic nitrogens is 4. The fourth-order valence-electron chi connectivity index (χ4n) is 5.93. The first-order valence-electron chi connectivity index (χ1n) is 16.5. The van der Waals surface area contributed by atoms with Crippen molar-refractivity contribution >= 4 is 29.1 Å². The Bertz CT molecular complexity index is 2070. The van der Waals surface area contributed by atoms with Crippen molar-refractivity contribution in [1.82, 2.24) is 19.5 Å². The Morgan fingerprint density at radius 3 is 1.88 bits per heavy atom. The highest BCUT2D eigenvalue weighted by molar-refractivity contribution is 6.06. The number of aliphatic hydroxyl groups is 1. The summed E-state index contributed by atoms with van der Waals surface area (Å²) in [6.07, 6.45) is 4.67. The van der Waals surface area contributed by atoms with Crippen molar-refractivity contribution in [3.63, 3.8) is 0 Å². The second-order valence-electron chi connectivity index (χ2n) is 13.1. The van der Waals surface area contributed by atoms with Gasteiger partial charge in [0.2, 0.25) is 0 Å². The molecule has 2 aromatic heterocycles. The highest BCUT2D eigenvalue weighted by Gasteiger charge is 2.38. The molecule has 0 bridgehead atoms. The molecule has 0 aliphatic rings. The lowest BCUT2D eigenvalue weighted by atomic mass is 9.80. The van der Waals surface area contributed by atoms with Gasteiger partial charge in [0.1, 0.15) is 29.8 Å². The number of carbonyl (C=O) groups excluding carboxylic acids is 1. The van der Waals surface area contributed by atoms with E-state index in [0.29, 0.717) is 22.3 Å². The molecule has 0 fully saturated rings. The first kappa shape index (κ1) is 35.0. The summed E-state index contributed by atoms with van der Waals surface area (Å²) in [5.41, 5.74) is 4.58. The fourth-order valence-corrected chi connectivity index (χ4v) is 5.93. The van der Waals surface area contributed by atoms with Crippen LogP contribution in [-0.4, -0.2) is 58.0 Å². The van der Waals surface area contributed by atoms with Crippen molar-refractivity contribution in [3.05, 3.63) is 149 Å². The smallest absolute Gasteiger partial charge is 0.256 e. The summed E-state index contributed by atoms with van der Waals surface area (Å²) < 4.78 is 19.6. The number of carbonyl (C=O) groups is 1. The van der Waals surface area contributed by atoms with E-state index >= 15 is 0 Å². The topological polar surface area (TPSA) is 121 Å². The molecular formula is C41H41N5O5. The van der Waals surface area contributed by atoms with Crippen LogP contribution >= 0.6 is 0 Å². The number of benzene rings is 4. The summed E-state index contributed by atoms with van der Waals surface area (Å²) in [6.45, 7) is 6.12. The van der Waals surface area contributed by atoms with E-state index in [1.165, 1.54) is 6.33 Å². The minimum absolute atomic E-state index is 0.0267. The second-order valence-corrected chi connectivity index (χ2v) is 13.1. The number of anilines is 1. The molecule has 0 aliphatic heterocycles. The van der Waals surface area contributed by atoms with Crippen LogP contribution < -0.4 is 14.8 Å². The molecule has 6 rings (SSSR count). The number of fused-ring (bicyclic) bond motifs is 1. The molecule has 10 heteroatoms. The van der Waals surface area contributed by atoms with Crippen LogP contribution in [0, 0.1) is 0 Å². The standard InChI is InChI=1S/C41H41N5O5/c1-40(2,3)30-13-11-29(12-14-30)39(48)45-37-36-38(43-26-42-37)46(27-44-36)23-28(24-47)25-51-41(31-9-7-6-8-10-31,32-15-19-34(49-4)20-16-32)33-17-21-35(50-5)22-18-33/h6-23,26-27,47H,24-25H2,1-5H3,(H,42,43,45,48)/b28-23-. The largest absolute Gasteiger partial charge is 0.497 e. The lowest BCUT2D eigenvalue weighted by Gasteiger charge is -2.36. The summed E-state index contributed by atoms with van der Waals surface area (Å²) in [5, 5.41) is 13.5. The third-order valence-corrected chi connectivity index (χ3v) is 8.78. The molecule has 6 aromatic rings. The number of hydrogen-bond acceptors (Lipinski definition) is 8. The Morgan fingerprint density at radius 2 is 1.33 bits per heavy atom. The molecule has 4 aromatic carbocycles. The molecule has 260 valence electrons. The maximum absolute atomic E-state index is 13.2. The molecule has 2 N–H and O–H groups in total. The van der Waals surface area contributed by atoms with Crippen molar-refractivity contribution in [2.75, 3.05) is 32.8 Å². The Balaban J connectivity index is 1.33. The monoisotopic (exact) mass is 683 g/mol. The van der Waals surface area contributed by atoms with Crippen LogP contribution in [0.3, 0.4) is 0 Å². The van der Waals surface area contributed by atoms with E-state index in [9.17, 15) is 9.90 Å². The maximum Gasteiger partial charge on any atom is 0.256 e. The van der Waals surface area contributed by atoms with E-state index in [1.54, 1.807) is 43.4 Å². The first-order chi connectivity index (χ1) is 24.7. The van der Waals surface area contributed by atoms with Crippen LogP contribution in [0.25, 0.3) is 17.4 Å². The lowest BCUT2D eigenvalue weighted by molar-refractivity contribution is 0.0246. The average molecular weight is 684 g/mol. The van der Waals surface area contributed by atoms with E-state index < -0.39 is 5.60 Å². The second kappa shape index (κ2) is 15.0. The van der Waals surface area contributed by atoms with Crippen molar-refractivity contribution < 1.29 is 24.1 Å². The molecular weight excluding hydrogens is 642 g/mol. The molecule has 0 atom stereocenters. The number of nitrogens with zero attached hydrogens (tertiary/aromatic N) is 4. The predicted molar refractivity (Wildman–Crippen MR) is 198 cm³/mol. The van der Waals surface area contributed by atoms with Gasteiger partial charge in [-0.1, -0.05) is 87.5 Å². The van der Waals surface area contributed by atoms with Gasteiger partial charge in [0.15, 0.2) is 17.0 Å². The maximum atomic E-state index is 13.2. The highest BCUT2D eigenvalue weighted by Crippen LogP contribution is 2.42. The number of aliphatic hydroxyl groups excluding tert-OH is 1. The van der Waals surface area contributed by atoms with Gasteiger partial charge in [-0.25, -0.2) is 15.0 Å². The molecule has 51 heavy (non-hydrogen) atoms. The van der Waals surface area contributed by atoms with Crippen LogP contribution in [0.1, 0.15) is 53.4 Å². The number of methoxy groups -OCH3 is 2. The van der Waals surface area contributed by atoms with Crippen LogP contribution in [0.15, 0.2) is 121 Å². The quantitative estimate of drug-likeness (QED) is 0.130. The molecule has 0 unspecified atom stereocenters. The summed E-state index contributed by atoms with van der Waals surface area (Å²) in [6, 6.07) is 33.0. The fraction of sp³-hybridized carbons (Fsp3) is 0.220. The van der Waals surface area contributed by atoms with Crippen molar-refractivity contribution in [2.45, 2.75) is 31.8 Å². The highest BCUT2D eigenvalue weighted by atomic mass is 16.5. The zero-order valence-electron chi connectivity index (χ0n) is 29.3. The minimum atomic E-state index is -1.07. The lowest BCUT2D eigenvalue weighted by Crippen LogP contribution is -2.34. The number of nitrogens with one attached hydrogen (secondary N) is 1. The van der Waals surface area contributed by atoms with Gasteiger partial charge in [-0.05, 0) is 69.6 Å². The molecule has 0 aliphatic carbocycles. The number of amides is 1. The van der Waals surface area contributed by atoms with E-state index in [0.717, 1.165) is 33.8 Å². The van der Waals surface area contributed by atoms with Gasteiger partial charge < -0.3 is 24.6 Å². The number of hydrogen-bond donors (Lipinski definition) is 2. The zero-order chi connectivity index (χ0) is 36.0.